The monoisotopic (exact) mass is 724 g/mol. The number of para-hydroxylation sites is 1. The van der Waals surface area contributed by atoms with E-state index in [1.54, 1.807) is 23.5 Å². The van der Waals surface area contributed by atoms with Gasteiger partial charge in [0, 0.05) is 61.3 Å². The first-order valence-electron chi connectivity index (χ1n) is 17.9. The van der Waals surface area contributed by atoms with Gasteiger partial charge in [-0.05, 0) is 78.1 Å². The third kappa shape index (κ3) is 7.99. The summed E-state index contributed by atoms with van der Waals surface area (Å²) in [5.41, 5.74) is 3.52. The number of nitrogens with one attached hydrogen (secondary N) is 3. The van der Waals surface area contributed by atoms with Crippen LogP contribution in [0, 0.1) is 0 Å². The lowest BCUT2D eigenvalue weighted by atomic mass is 9.85. The minimum atomic E-state index is -0.757. The van der Waals surface area contributed by atoms with Crippen molar-refractivity contribution < 1.29 is 14.4 Å². The number of amides is 3. The molecule has 4 aromatic rings. The van der Waals surface area contributed by atoms with Crippen LogP contribution in [0.5, 0.6) is 0 Å². The summed E-state index contributed by atoms with van der Waals surface area (Å²) in [5.74, 6) is -0.202. The number of nitrogens with zero attached hydrogens (tertiary/aromatic N) is 3. The lowest BCUT2D eigenvalue weighted by Crippen LogP contribution is -2.60. The highest BCUT2D eigenvalue weighted by molar-refractivity contribution is 7.09. The number of likely N-dealkylation sites (tertiary alicyclic amines) is 1. The van der Waals surface area contributed by atoms with E-state index in [9.17, 15) is 14.4 Å². The van der Waals surface area contributed by atoms with E-state index in [0.717, 1.165) is 29.8 Å². The Kier molecular flexibility index (Phi) is 11.0. The van der Waals surface area contributed by atoms with Crippen molar-refractivity contribution in [2.75, 3.05) is 44.3 Å². The van der Waals surface area contributed by atoms with Gasteiger partial charge < -0.3 is 30.7 Å². The second kappa shape index (κ2) is 16.0. The second-order valence-electron chi connectivity index (χ2n) is 13.7. The minimum Gasteiger partial charge on any atom is -0.343 e. The highest BCUT2D eigenvalue weighted by Crippen LogP contribution is 2.39. The Bertz CT molecular complexity index is 1800. The van der Waals surface area contributed by atoms with Crippen LogP contribution >= 0.6 is 22.9 Å². The van der Waals surface area contributed by atoms with Crippen molar-refractivity contribution in [3.63, 3.8) is 0 Å². The van der Waals surface area contributed by atoms with Gasteiger partial charge >= 0.3 is 0 Å². The number of carbonyl (C=O) groups is 3. The Hall–Kier alpha value is -4.22. The van der Waals surface area contributed by atoms with Crippen LogP contribution in [0.15, 0.2) is 96.4 Å². The summed E-state index contributed by atoms with van der Waals surface area (Å²) in [6, 6.07) is 28.7. The predicted molar refractivity (Wildman–Crippen MR) is 203 cm³/mol. The van der Waals surface area contributed by atoms with E-state index in [1.807, 2.05) is 52.3 Å². The first-order chi connectivity index (χ1) is 24.9. The fourth-order valence-corrected chi connectivity index (χ4v) is 8.50. The van der Waals surface area contributed by atoms with Gasteiger partial charge in [0.2, 0.25) is 17.7 Å². The van der Waals surface area contributed by atoms with Gasteiger partial charge in [0.15, 0.2) is 0 Å². The minimum absolute atomic E-state index is 0.119. The van der Waals surface area contributed by atoms with Gasteiger partial charge in [0.25, 0.3) is 0 Å². The van der Waals surface area contributed by atoms with Gasteiger partial charge in [0.05, 0.1) is 12.7 Å². The number of thiophene rings is 1. The molecule has 3 N–H and O–H groups in total. The van der Waals surface area contributed by atoms with Gasteiger partial charge in [0.1, 0.15) is 11.6 Å². The van der Waals surface area contributed by atoms with Crippen LogP contribution in [0.2, 0.25) is 5.02 Å². The van der Waals surface area contributed by atoms with E-state index in [1.165, 1.54) is 10.4 Å². The normalized spacial score (nSPS) is 18.9. The second-order valence-corrected chi connectivity index (χ2v) is 15.2. The summed E-state index contributed by atoms with van der Waals surface area (Å²) in [5, 5.41) is 12.7. The molecule has 4 heterocycles. The smallest absolute Gasteiger partial charge is 0.250 e. The SMILES string of the molecule is O=C(N[C@H](Cc1ccc(Cl)cc1)C(=O)N1CCC2(CC1)C(=O)N(CCNCCc1cccs1)CN2c1ccccc1)[C@H]1Cc2ccccc2CN1. The van der Waals surface area contributed by atoms with Crippen LogP contribution in [0.1, 0.15) is 34.4 Å². The number of piperidine rings is 1. The molecule has 11 heteroatoms. The molecule has 3 aliphatic rings. The van der Waals surface area contributed by atoms with Crippen molar-refractivity contribution >= 4 is 46.3 Å². The Morgan fingerprint density at radius 1 is 0.922 bits per heavy atom. The summed E-state index contributed by atoms with van der Waals surface area (Å²) < 4.78 is 0. The molecule has 0 bridgehead atoms. The largest absolute Gasteiger partial charge is 0.343 e. The van der Waals surface area contributed by atoms with Crippen LogP contribution in [-0.2, 0) is 40.2 Å². The molecule has 3 aliphatic heterocycles. The number of fused-ring (bicyclic) bond motifs is 1. The van der Waals surface area contributed by atoms with E-state index < -0.39 is 17.6 Å². The molecule has 0 aliphatic carbocycles. The first-order valence-corrected chi connectivity index (χ1v) is 19.1. The molecule has 1 spiro atoms. The standard InChI is InChI=1S/C40H45ClN6O3S/c41-32-14-12-29(13-15-32)25-36(44-37(48)35-26-30-7-4-5-8-31(30)27-43-35)38(49)45-21-17-40(18-22-45)39(50)46(28-47(40)33-9-2-1-3-10-33)23-20-42-19-16-34-11-6-24-51-34/h1-15,24,35-36,42-43H,16-23,25-28H2,(H,44,48)/t35-,36-/m1/s1. The number of hydrogen-bond donors (Lipinski definition) is 3. The first kappa shape index (κ1) is 35.2. The molecule has 0 radical (unpaired) electrons. The number of carbonyl (C=O) groups excluding carboxylic acids is 3. The molecule has 0 saturated carbocycles. The zero-order valence-electron chi connectivity index (χ0n) is 28.7. The van der Waals surface area contributed by atoms with Crippen LogP contribution in [0.4, 0.5) is 5.69 Å². The number of halogens is 1. The Morgan fingerprint density at radius 2 is 1.67 bits per heavy atom. The maximum Gasteiger partial charge on any atom is 0.250 e. The summed E-state index contributed by atoms with van der Waals surface area (Å²) in [6.45, 7) is 4.15. The number of anilines is 1. The molecule has 3 aromatic carbocycles. The summed E-state index contributed by atoms with van der Waals surface area (Å²) in [4.78, 5) is 49.7. The van der Waals surface area contributed by atoms with E-state index >= 15 is 0 Å². The average Bonchev–Trinajstić information content (AvgIpc) is 3.78. The predicted octanol–water partition coefficient (Wildman–Crippen LogP) is 4.64. The van der Waals surface area contributed by atoms with E-state index in [-0.39, 0.29) is 17.7 Å². The van der Waals surface area contributed by atoms with Gasteiger partial charge in [-0.2, -0.15) is 0 Å². The lowest BCUT2D eigenvalue weighted by molar-refractivity contribution is -0.141. The number of benzene rings is 3. The average molecular weight is 725 g/mol. The number of rotatable bonds is 12. The molecule has 51 heavy (non-hydrogen) atoms. The fraction of sp³-hybridized carbons (Fsp3) is 0.375. The Morgan fingerprint density at radius 3 is 2.41 bits per heavy atom. The molecule has 2 atom stereocenters. The van der Waals surface area contributed by atoms with Crippen LogP contribution in [-0.4, -0.2) is 84.5 Å². The van der Waals surface area contributed by atoms with Crippen molar-refractivity contribution in [2.24, 2.45) is 0 Å². The molecule has 9 nitrogen and oxygen atoms in total. The summed E-state index contributed by atoms with van der Waals surface area (Å²) in [6.07, 6.45) is 2.90. The zero-order chi connectivity index (χ0) is 35.2. The van der Waals surface area contributed by atoms with E-state index in [2.05, 4.69) is 62.6 Å². The van der Waals surface area contributed by atoms with Crippen molar-refractivity contribution in [3.8, 4) is 0 Å². The van der Waals surface area contributed by atoms with Crippen molar-refractivity contribution in [3.05, 3.63) is 123 Å². The lowest BCUT2D eigenvalue weighted by Gasteiger charge is -2.44. The molecular formula is C40H45ClN6O3S. The maximum atomic E-state index is 14.3. The molecule has 0 unspecified atom stereocenters. The van der Waals surface area contributed by atoms with Crippen molar-refractivity contribution in [2.45, 2.75) is 56.3 Å². The maximum absolute atomic E-state index is 14.3. The Balaban J connectivity index is 1.03. The van der Waals surface area contributed by atoms with Crippen molar-refractivity contribution in [1.29, 1.82) is 0 Å². The van der Waals surface area contributed by atoms with Gasteiger partial charge in [-0.15, -0.1) is 11.3 Å². The van der Waals surface area contributed by atoms with Crippen molar-refractivity contribution in [1.82, 2.24) is 25.8 Å². The molecule has 7 rings (SSSR count). The fourth-order valence-electron chi connectivity index (χ4n) is 7.66. The molecule has 2 saturated heterocycles. The highest BCUT2D eigenvalue weighted by atomic mass is 35.5. The molecular weight excluding hydrogens is 680 g/mol. The van der Waals surface area contributed by atoms with Gasteiger partial charge in [-0.25, -0.2) is 0 Å². The molecule has 1 aromatic heterocycles. The number of hydrogen-bond acceptors (Lipinski definition) is 7. The zero-order valence-corrected chi connectivity index (χ0v) is 30.3. The highest BCUT2D eigenvalue weighted by Gasteiger charge is 2.54. The van der Waals surface area contributed by atoms with Crippen LogP contribution < -0.4 is 20.9 Å². The third-order valence-corrected chi connectivity index (χ3v) is 11.7. The van der Waals surface area contributed by atoms with Gasteiger partial charge in [-0.1, -0.05) is 72.3 Å². The third-order valence-electron chi connectivity index (χ3n) is 10.5. The van der Waals surface area contributed by atoms with Gasteiger partial charge in [-0.3, -0.25) is 14.4 Å². The Labute approximate surface area is 309 Å². The van der Waals surface area contributed by atoms with E-state index in [0.29, 0.717) is 70.1 Å². The topological polar surface area (TPSA) is 97.0 Å². The molecule has 2 fully saturated rings. The van der Waals surface area contributed by atoms with Crippen LogP contribution in [0.25, 0.3) is 0 Å². The summed E-state index contributed by atoms with van der Waals surface area (Å²) >= 11 is 7.93. The summed E-state index contributed by atoms with van der Waals surface area (Å²) in [7, 11) is 0. The molecule has 3 amide bonds. The molecule has 266 valence electrons. The quantitative estimate of drug-likeness (QED) is 0.184. The van der Waals surface area contributed by atoms with E-state index in [4.69, 9.17) is 11.6 Å². The van der Waals surface area contributed by atoms with Crippen LogP contribution in [0.3, 0.4) is 0 Å².